The Kier molecular flexibility index (Phi) is 9.60. The van der Waals surface area contributed by atoms with E-state index in [1.54, 1.807) is 49.1 Å². The van der Waals surface area contributed by atoms with Crippen molar-refractivity contribution in [3.63, 3.8) is 0 Å². The molecule has 0 unspecified atom stereocenters. The smallest absolute Gasteiger partial charge is 0.475 e. The fraction of sp³-hybridized carbons (Fsp3) is 0.286. The molecule has 0 saturated heterocycles. The fourth-order valence-electron chi connectivity index (χ4n) is 4.17. The molecule has 3 aromatic heterocycles. The SMILES string of the molecule is CCOc1cc2ncnc(Nc3ccc(Oc4cc5nncn5cn4)c(C)c3)c2cc1NC(=O)COP(=O)(OCC)OCC. The van der Waals surface area contributed by atoms with Crippen LogP contribution < -0.4 is 20.1 Å². The van der Waals surface area contributed by atoms with Crippen molar-refractivity contribution in [2.24, 2.45) is 0 Å². The normalized spacial score (nSPS) is 11.5. The predicted molar refractivity (Wildman–Crippen MR) is 161 cm³/mol. The maximum Gasteiger partial charge on any atom is 0.475 e. The van der Waals surface area contributed by atoms with Gasteiger partial charge in [0.15, 0.2) is 5.65 Å². The van der Waals surface area contributed by atoms with Gasteiger partial charge in [-0.3, -0.25) is 22.8 Å². The molecule has 0 aliphatic rings. The molecule has 0 saturated carbocycles. The van der Waals surface area contributed by atoms with Crippen LogP contribution in [-0.4, -0.2) is 61.9 Å². The van der Waals surface area contributed by atoms with Crippen molar-refractivity contribution in [3.8, 4) is 17.4 Å². The van der Waals surface area contributed by atoms with E-state index in [0.717, 1.165) is 11.3 Å². The summed E-state index contributed by atoms with van der Waals surface area (Å²) in [5, 5.41) is 14.5. The van der Waals surface area contributed by atoms with Crippen molar-refractivity contribution in [2.45, 2.75) is 27.7 Å². The molecule has 1 amide bonds. The summed E-state index contributed by atoms with van der Waals surface area (Å²) in [6, 6.07) is 10.7. The third-order valence-electron chi connectivity index (χ3n) is 6.05. The third kappa shape index (κ3) is 7.26. The van der Waals surface area contributed by atoms with Crippen molar-refractivity contribution in [1.29, 1.82) is 0 Å². The minimum atomic E-state index is -3.86. The quantitative estimate of drug-likeness (QED) is 0.150. The highest BCUT2D eigenvalue weighted by Crippen LogP contribution is 2.49. The van der Waals surface area contributed by atoms with Gasteiger partial charge in [-0.1, -0.05) is 0 Å². The molecular weight excluding hydrogens is 591 g/mol. The Balaban J connectivity index is 1.35. The Morgan fingerprint density at radius 3 is 2.50 bits per heavy atom. The van der Waals surface area contributed by atoms with Gasteiger partial charge in [-0.05, 0) is 57.5 Å². The number of benzene rings is 2. The van der Waals surface area contributed by atoms with Crippen LogP contribution in [0.15, 0.2) is 55.4 Å². The fourth-order valence-corrected chi connectivity index (χ4v) is 5.30. The molecule has 0 aliphatic carbocycles. The van der Waals surface area contributed by atoms with Gasteiger partial charge in [-0.2, -0.15) is 0 Å². The number of phosphoric acid groups is 1. The number of rotatable bonds is 14. The van der Waals surface area contributed by atoms with Crippen molar-refractivity contribution in [2.75, 3.05) is 37.1 Å². The third-order valence-corrected chi connectivity index (χ3v) is 7.65. The van der Waals surface area contributed by atoms with Crippen LogP contribution in [0.4, 0.5) is 17.2 Å². The van der Waals surface area contributed by atoms with Gasteiger partial charge in [-0.25, -0.2) is 19.5 Å². The number of anilines is 3. The molecule has 16 heteroatoms. The number of aromatic nitrogens is 6. The van der Waals surface area contributed by atoms with Crippen molar-refractivity contribution in [1.82, 2.24) is 29.5 Å². The first-order valence-corrected chi connectivity index (χ1v) is 15.2. The summed E-state index contributed by atoms with van der Waals surface area (Å²) in [5.74, 6) is 1.31. The van der Waals surface area contributed by atoms with Gasteiger partial charge in [0.05, 0.1) is 31.0 Å². The van der Waals surface area contributed by atoms with Crippen LogP contribution in [-0.2, 0) is 22.9 Å². The standard InChI is InChI=1S/C28H31N8O7P/c1-5-39-24-12-21-20(11-22(24)34-26(37)14-42-44(38,40-6-2)41-7-3)28(30-15-29-21)33-19-8-9-23(18(4)10-19)43-27-13-25-35-32-17-36(25)16-31-27/h8-13,15-17H,5-7,14H2,1-4H3,(H,34,37)(H,29,30,33). The number of ether oxygens (including phenoxy) is 2. The summed E-state index contributed by atoms with van der Waals surface area (Å²) in [6.45, 7) is 7.01. The molecule has 0 atom stereocenters. The number of fused-ring (bicyclic) bond motifs is 2. The van der Waals surface area contributed by atoms with E-state index in [1.807, 2.05) is 32.0 Å². The maximum absolute atomic E-state index is 12.8. The first-order valence-electron chi connectivity index (χ1n) is 13.8. The maximum atomic E-state index is 12.8. The number of phosphoric ester groups is 1. The van der Waals surface area contributed by atoms with Gasteiger partial charge in [0.25, 0.3) is 5.91 Å². The first-order chi connectivity index (χ1) is 21.3. The molecule has 0 aliphatic heterocycles. The van der Waals surface area contributed by atoms with E-state index in [2.05, 4.69) is 35.8 Å². The van der Waals surface area contributed by atoms with Gasteiger partial charge in [0, 0.05) is 23.2 Å². The van der Waals surface area contributed by atoms with Gasteiger partial charge in [0.2, 0.25) is 5.88 Å². The molecular formula is C28H31N8O7P. The van der Waals surface area contributed by atoms with Gasteiger partial charge < -0.3 is 20.1 Å². The number of nitrogens with zero attached hydrogens (tertiary/aromatic N) is 6. The van der Waals surface area contributed by atoms with Crippen molar-refractivity contribution in [3.05, 3.63) is 60.9 Å². The zero-order chi connectivity index (χ0) is 31.1. The Bertz CT molecular complexity index is 1820. The molecule has 0 bridgehead atoms. The number of hydrogen-bond donors (Lipinski definition) is 2. The van der Waals surface area contributed by atoms with Gasteiger partial charge in [0.1, 0.15) is 42.9 Å². The second-order valence-electron chi connectivity index (χ2n) is 9.16. The monoisotopic (exact) mass is 622 g/mol. The van der Waals surface area contributed by atoms with Gasteiger partial charge >= 0.3 is 7.82 Å². The number of hydrogen-bond acceptors (Lipinski definition) is 13. The molecule has 5 aromatic rings. The molecule has 0 fully saturated rings. The largest absolute Gasteiger partial charge is 0.492 e. The van der Waals surface area contributed by atoms with Crippen LogP contribution in [0.5, 0.6) is 17.4 Å². The van der Waals surface area contributed by atoms with Crippen LogP contribution in [0.25, 0.3) is 16.6 Å². The van der Waals surface area contributed by atoms with Crippen molar-refractivity contribution >= 4 is 47.5 Å². The zero-order valence-electron chi connectivity index (χ0n) is 24.5. The number of carbonyl (C=O) groups excluding carboxylic acids is 1. The highest BCUT2D eigenvalue weighted by atomic mass is 31.2. The number of aryl methyl sites for hydroxylation is 1. The highest BCUT2D eigenvalue weighted by Gasteiger charge is 2.27. The number of nitrogens with one attached hydrogen (secondary N) is 2. The summed E-state index contributed by atoms with van der Waals surface area (Å²) in [4.78, 5) is 25.9. The van der Waals surface area contributed by atoms with Gasteiger partial charge in [-0.15, -0.1) is 10.2 Å². The average molecular weight is 623 g/mol. The summed E-state index contributed by atoms with van der Waals surface area (Å²) in [7, 11) is -3.86. The molecule has 0 radical (unpaired) electrons. The van der Waals surface area contributed by atoms with E-state index in [0.29, 0.717) is 52.0 Å². The Labute approximate surface area is 252 Å². The molecule has 44 heavy (non-hydrogen) atoms. The lowest BCUT2D eigenvalue weighted by Crippen LogP contribution is -2.19. The molecule has 0 spiro atoms. The summed E-state index contributed by atoms with van der Waals surface area (Å²) >= 11 is 0. The lowest BCUT2D eigenvalue weighted by Gasteiger charge is -2.17. The van der Waals surface area contributed by atoms with E-state index in [9.17, 15) is 9.36 Å². The lowest BCUT2D eigenvalue weighted by molar-refractivity contribution is -0.118. The minimum absolute atomic E-state index is 0.0978. The van der Waals surface area contributed by atoms with Crippen LogP contribution in [0.1, 0.15) is 26.3 Å². The first kappa shape index (κ1) is 30.8. The van der Waals surface area contributed by atoms with E-state index in [-0.39, 0.29) is 13.2 Å². The Morgan fingerprint density at radius 1 is 0.932 bits per heavy atom. The summed E-state index contributed by atoms with van der Waals surface area (Å²) in [5.41, 5.74) is 3.15. The molecule has 5 rings (SSSR count). The molecule has 230 valence electrons. The number of carbonyl (C=O) groups is 1. The molecule has 3 heterocycles. The summed E-state index contributed by atoms with van der Waals surface area (Å²) < 4.78 is 41.4. The lowest BCUT2D eigenvalue weighted by atomic mass is 10.1. The molecule has 2 aromatic carbocycles. The van der Waals surface area contributed by atoms with E-state index >= 15 is 0 Å². The van der Waals surface area contributed by atoms with E-state index in [4.69, 9.17) is 23.0 Å². The molecule has 15 nitrogen and oxygen atoms in total. The zero-order valence-corrected chi connectivity index (χ0v) is 25.4. The Morgan fingerprint density at radius 2 is 1.75 bits per heavy atom. The highest BCUT2D eigenvalue weighted by molar-refractivity contribution is 7.48. The van der Waals surface area contributed by atoms with Crippen LogP contribution in [0.2, 0.25) is 0 Å². The second kappa shape index (κ2) is 13.7. The van der Waals surface area contributed by atoms with Crippen LogP contribution >= 0.6 is 7.82 Å². The van der Waals surface area contributed by atoms with Crippen LogP contribution in [0.3, 0.4) is 0 Å². The minimum Gasteiger partial charge on any atom is -0.492 e. The topological polar surface area (TPSA) is 173 Å². The predicted octanol–water partition coefficient (Wildman–Crippen LogP) is 5.45. The van der Waals surface area contributed by atoms with E-state index < -0.39 is 20.3 Å². The average Bonchev–Trinajstić information content (AvgIpc) is 3.47. The molecule has 2 N–H and O–H groups in total. The number of amides is 1. The Hall–Kier alpha value is -4.69. The van der Waals surface area contributed by atoms with Crippen molar-refractivity contribution < 1.29 is 32.4 Å². The van der Waals surface area contributed by atoms with Crippen LogP contribution in [0, 0.1) is 6.92 Å². The van der Waals surface area contributed by atoms with E-state index in [1.165, 1.54) is 6.33 Å². The summed E-state index contributed by atoms with van der Waals surface area (Å²) in [6.07, 6.45) is 4.57. The second-order valence-corrected chi connectivity index (χ2v) is 10.8.